The van der Waals surface area contributed by atoms with Crippen LogP contribution in [-0.4, -0.2) is 43.8 Å². The van der Waals surface area contributed by atoms with Crippen molar-refractivity contribution in [3.05, 3.63) is 55.3 Å². The predicted molar refractivity (Wildman–Crippen MR) is 139 cm³/mol. The Kier molecular flexibility index (Phi) is 6.83. The van der Waals surface area contributed by atoms with Gasteiger partial charge in [-0.2, -0.15) is 5.10 Å². The average molecular weight is 515 g/mol. The Labute approximate surface area is 214 Å². The van der Waals surface area contributed by atoms with Crippen LogP contribution in [0.25, 0.3) is 0 Å². The molecule has 0 bridgehead atoms. The molecule has 2 aromatic heterocycles. The van der Waals surface area contributed by atoms with Gasteiger partial charge in [0, 0.05) is 32.5 Å². The van der Waals surface area contributed by atoms with Crippen LogP contribution in [0.5, 0.6) is 5.75 Å². The summed E-state index contributed by atoms with van der Waals surface area (Å²) in [4.78, 5) is 43.4. The Morgan fingerprint density at radius 2 is 1.86 bits per heavy atom. The summed E-state index contributed by atoms with van der Waals surface area (Å²) >= 11 is 6.49. The molecule has 36 heavy (non-hydrogen) atoms. The molecule has 10 nitrogen and oxygen atoms in total. The zero-order valence-electron chi connectivity index (χ0n) is 21.1. The molecule has 1 atom stereocenters. The molecule has 0 saturated heterocycles. The Morgan fingerprint density at radius 1 is 1.22 bits per heavy atom. The predicted octanol–water partition coefficient (Wildman–Crippen LogP) is 3.73. The summed E-state index contributed by atoms with van der Waals surface area (Å²) in [6.07, 6.45) is 6.97. The Morgan fingerprint density at radius 3 is 2.44 bits per heavy atom. The maximum absolute atomic E-state index is 12.7. The summed E-state index contributed by atoms with van der Waals surface area (Å²) < 4.78 is 1.62. The van der Waals surface area contributed by atoms with Crippen molar-refractivity contribution >= 4 is 34.6 Å². The number of hydrogen-bond donors (Lipinski definition) is 3. The van der Waals surface area contributed by atoms with Crippen LogP contribution < -0.4 is 21.5 Å². The summed E-state index contributed by atoms with van der Waals surface area (Å²) in [5, 5.41) is 21.9. The van der Waals surface area contributed by atoms with Gasteiger partial charge in [-0.25, -0.2) is 4.98 Å². The number of anilines is 3. The van der Waals surface area contributed by atoms with E-state index in [0.29, 0.717) is 10.7 Å². The van der Waals surface area contributed by atoms with Crippen LogP contribution in [0.4, 0.5) is 17.1 Å². The quantitative estimate of drug-likeness (QED) is 0.388. The van der Waals surface area contributed by atoms with Crippen LogP contribution in [-0.2, 0) is 7.05 Å². The number of aromatic hydroxyl groups is 1. The largest absolute Gasteiger partial charge is 0.504 e. The van der Waals surface area contributed by atoms with Gasteiger partial charge in [-0.3, -0.25) is 19.1 Å². The van der Waals surface area contributed by atoms with Crippen LogP contribution in [0, 0.1) is 5.41 Å². The SMILES string of the molecule is CC(C)N(C)C(=O)c1nccc(Nc2c(NC(c3nn(C)cc3Cl)C3(C)CCCC3)c(=O)c2=O)c1O. The third-order valence-electron chi connectivity index (χ3n) is 7.21. The van der Waals surface area contributed by atoms with Gasteiger partial charge in [-0.15, -0.1) is 0 Å². The van der Waals surface area contributed by atoms with Crippen molar-refractivity contribution in [2.24, 2.45) is 12.5 Å². The number of aromatic nitrogens is 3. The number of pyridine rings is 1. The average Bonchev–Trinajstić information content (AvgIpc) is 3.42. The van der Waals surface area contributed by atoms with Crippen molar-refractivity contribution in [1.82, 2.24) is 19.7 Å². The smallest absolute Gasteiger partial charge is 0.276 e. The molecule has 0 spiro atoms. The van der Waals surface area contributed by atoms with E-state index in [9.17, 15) is 19.5 Å². The highest BCUT2D eigenvalue weighted by molar-refractivity contribution is 6.31. The van der Waals surface area contributed by atoms with Gasteiger partial charge in [0.15, 0.2) is 11.4 Å². The van der Waals surface area contributed by atoms with Crippen molar-refractivity contribution in [3.63, 3.8) is 0 Å². The van der Waals surface area contributed by atoms with E-state index in [4.69, 9.17) is 11.6 Å². The molecular formula is C25H31ClN6O4. The first-order valence-electron chi connectivity index (χ1n) is 12.0. The number of carbonyl (C=O) groups is 1. The Balaban J connectivity index is 1.68. The van der Waals surface area contributed by atoms with E-state index in [1.807, 2.05) is 13.8 Å². The first kappa shape index (κ1) is 25.7. The maximum Gasteiger partial charge on any atom is 0.276 e. The fourth-order valence-corrected chi connectivity index (χ4v) is 5.05. The number of carbonyl (C=O) groups excluding carboxylic acids is 1. The third-order valence-corrected chi connectivity index (χ3v) is 7.50. The fraction of sp³-hybridized carbons (Fsp3) is 0.480. The molecule has 1 amide bonds. The number of hydrogen-bond acceptors (Lipinski definition) is 8. The normalized spacial score (nSPS) is 15.9. The minimum absolute atomic E-state index is 0.00997. The molecule has 0 aliphatic heterocycles. The summed E-state index contributed by atoms with van der Waals surface area (Å²) in [5.74, 6) is -0.866. The molecular weight excluding hydrogens is 484 g/mol. The van der Waals surface area contributed by atoms with E-state index in [-0.39, 0.29) is 34.2 Å². The fourth-order valence-electron chi connectivity index (χ4n) is 4.76. The van der Waals surface area contributed by atoms with Crippen molar-refractivity contribution in [2.45, 2.75) is 58.5 Å². The lowest BCUT2D eigenvalue weighted by Crippen LogP contribution is -2.40. The van der Waals surface area contributed by atoms with E-state index in [1.165, 1.54) is 17.2 Å². The zero-order chi connectivity index (χ0) is 26.4. The molecule has 192 valence electrons. The summed E-state index contributed by atoms with van der Waals surface area (Å²) in [6, 6.07) is 0.931. The molecule has 2 heterocycles. The number of rotatable bonds is 8. The minimum atomic E-state index is -0.719. The van der Waals surface area contributed by atoms with Gasteiger partial charge in [0.25, 0.3) is 16.8 Å². The van der Waals surface area contributed by atoms with Crippen molar-refractivity contribution < 1.29 is 9.90 Å². The Hall–Kier alpha value is -3.40. The molecule has 1 unspecified atom stereocenters. The van der Waals surface area contributed by atoms with E-state index in [2.05, 4.69) is 27.6 Å². The summed E-state index contributed by atoms with van der Waals surface area (Å²) in [5.41, 5.74) is -0.947. The third kappa shape index (κ3) is 4.45. The first-order valence-corrected chi connectivity index (χ1v) is 12.3. The minimum Gasteiger partial charge on any atom is -0.504 e. The van der Waals surface area contributed by atoms with E-state index in [1.54, 1.807) is 25.0 Å². The number of amides is 1. The highest BCUT2D eigenvalue weighted by Crippen LogP contribution is 2.49. The number of halogens is 1. The van der Waals surface area contributed by atoms with Gasteiger partial charge >= 0.3 is 0 Å². The van der Waals surface area contributed by atoms with Gasteiger partial charge in [-0.05, 0) is 38.2 Å². The summed E-state index contributed by atoms with van der Waals surface area (Å²) in [7, 11) is 3.38. The molecule has 1 aliphatic carbocycles. The van der Waals surface area contributed by atoms with Crippen molar-refractivity contribution in [1.29, 1.82) is 0 Å². The molecule has 11 heteroatoms. The van der Waals surface area contributed by atoms with Crippen molar-refractivity contribution in [2.75, 3.05) is 17.7 Å². The topological polar surface area (TPSA) is 129 Å². The van der Waals surface area contributed by atoms with Gasteiger partial charge in [-0.1, -0.05) is 31.4 Å². The van der Waals surface area contributed by atoms with Gasteiger partial charge in [0.2, 0.25) is 0 Å². The second-order valence-electron chi connectivity index (χ2n) is 10.1. The van der Waals surface area contributed by atoms with Crippen LogP contribution in [0.2, 0.25) is 5.02 Å². The monoisotopic (exact) mass is 514 g/mol. The van der Waals surface area contributed by atoms with E-state index < -0.39 is 28.6 Å². The van der Waals surface area contributed by atoms with E-state index >= 15 is 0 Å². The van der Waals surface area contributed by atoms with Gasteiger partial charge in [0.05, 0.1) is 16.8 Å². The summed E-state index contributed by atoms with van der Waals surface area (Å²) in [6.45, 7) is 5.81. The van der Waals surface area contributed by atoms with Crippen LogP contribution in [0.15, 0.2) is 28.0 Å². The standard InChI is InChI=1S/C25H31ClN6O4/c1-13(2)32(5)24(36)19-20(33)15(8-11-27-19)28-17-18(22(35)21(17)34)29-23(25(3)9-6-7-10-25)16-14(26)12-31(4)30-16/h8,11-13,23,29,33H,6-7,9-10H2,1-5H3,(H,27,28). The molecule has 1 saturated carbocycles. The highest BCUT2D eigenvalue weighted by Gasteiger charge is 2.42. The molecule has 3 N–H and O–H groups in total. The molecule has 1 fully saturated rings. The molecule has 4 rings (SSSR count). The lowest BCUT2D eigenvalue weighted by Gasteiger charge is -2.35. The molecule has 1 aliphatic rings. The second-order valence-corrected chi connectivity index (χ2v) is 10.5. The number of nitrogens with zero attached hydrogens (tertiary/aromatic N) is 4. The lowest BCUT2D eigenvalue weighted by atomic mass is 9.78. The van der Waals surface area contributed by atoms with E-state index in [0.717, 1.165) is 25.7 Å². The Bertz CT molecular complexity index is 1370. The second kappa shape index (κ2) is 9.57. The van der Waals surface area contributed by atoms with Crippen LogP contribution in [0.3, 0.4) is 0 Å². The van der Waals surface area contributed by atoms with Crippen molar-refractivity contribution in [3.8, 4) is 5.75 Å². The van der Waals surface area contributed by atoms with Crippen LogP contribution >= 0.6 is 11.6 Å². The molecule has 1 aromatic carbocycles. The molecule has 3 aromatic rings. The maximum atomic E-state index is 12.7. The van der Waals surface area contributed by atoms with Gasteiger partial charge in [0.1, 0.15) is 17.1 Å². The zero-order valence-corrected chi connectivity index (χ0v) is 21.8. The van der Waals surface area contributed by atoms with Crippen LogP contribution in [0.1, 0.15) is 68.7 Å². The highest BCUT2D eigenvalue weighted by atomic mass is 35.5. The lowest BCUT2D eigenvalue weighted by molar-refractivity contribution is 0.0746. The number of nitrogens with one attached hydrogen (secondary N) is 2. The van der Waals surface area contributed by atoms with Gasteiger partial charge < -0.3 is 20.6 Å². The first-order chi connectivity index (χ1) is 16.9. The number of aryl methyl sites for hydroxylation is 1. The molecule has 0 radical (unpaired) electrons.